The standard InChI is InChI=1S/C11H18N2O/c1-11(2)6-13(7-11)10(14)8-3-4-9(12)5-8/h3-4,8-9H,5-7,12H2,1-2H3. The van der Waals surface area contributed by atoms with Gasteiger partial charge in [-0.3, -0.25) is 4.79 Å². The Bertz CT molecular complexity index is 275. The van der Waals surface area contributed by atoms with Crippen LogP contribution in [-0.4, -0.2) is 29.9 Å². The summed E-state index contributed by atoms with van der Waals surface area (Å²) in [7, 11) is 0. The molecule has 3 heteroatoms. The maximum atomic E-state index is 11.9. The van der Waals surface area contributed by atoms with Crippen molar-refractivity contribution in [2.45, 2.75) is 26.3 Å². The molecule has 1 heterocycles. The van der Waals surface area contributed by atoms with Gasteiger partial charge in [0.05, 0.1) is 5.92 Å². The predicted octanol–water partition coefficient (Wildman–Crippen LogP) is 0.758. The molecule has 1 aliphatic carbocycles. The molecule has 0 bridgehead atoms. The van der Waals surface area contributed by atoms with Gasteiger partial charge in [0.25, 0.3) is 0 Å². The van der Waals surface area contributed by atoms with E-state index >= 15 is 0 Å². The van der Waals surface area contributed by atoms with Gasteiger partial charge in [-0.1, -0.05) is 26.0 Å². The highest BCUT2D eigenvalue weighted by Crippen LogP contribution is 2.31. The van der Waals surface area contributed by atoms with Crippen molar-refractivity contribution in [1.29, 1.82) is 0 Å². The summed E-state index contributed by atoms with van der Waals surface area (Å²) in [6.07, 6.45) is 4.68. The Labute approximate surface area is 84.9 Å². The number of hydrogen-bond acceptors (Lipinski definition) is 2. The highest BCUT2D eigenvalue weighted by atomic mass is 16.2. The van der Waals surface area contributed by atoms with Gasteiger partial charge >= 0.3 is 0 Å². The van der Waals surface area contributed by atoms with E-state index in [-0.39, 0.29) is 17.9 Å². The van der Waals surface area contributed by atoms with E-state index < -0.39 is 0 Å². The SMILES string of the molecule is CC1(C)CN(C(=O)C2C=CC(N)C2)C1. The molecule has 1 aliphatic heterocycles. The van der Waals surface area contributed by atoms with Crippen LogP contribution in [0.3, 0.4) is 0 Å². The number of amides is 1. The van der Waals surface area contributed by atoms with Crippen LogP contribution in [-0.2, 0) is 4.79 Å². The van der Waals surface area contributed by atoms with E-state index in [4.69, 9.17) is 5.73 Å². The van der Waals surface area contributed by atoms with Gasteiger partial charge in [-0.15, -0.1) is 0 Å². The molecule has 0 aromatic rings. The third-order valence-electron chi connectivity index (χ3n) is 2.98. The highest BCUT2D eigenvalue weighted by molar-refractivity contribution is 5.82. The van der Waals surface area contributed by atoms with E-state index in [9.17, 15) is 4.79 Å². The number of carbonyl (C=O) groups excluding carboxylic acids is 1. The Balaban J connectivity index is 1.89. The molecule has 78 valence electrons. The Hall–Kier alpha value is -0.830. The molecule has 0 spiro atoms. The molecule has 1 amide bonds. The first-order chi connectivity index (χ1) is 6.48. The van der Waals surface area contributed by atoms with Crippen molar-refractivity contribution in [3.63, 3.8) is 0 Å². The van der Waals surface area contributed by atoms with Crippen LogP contribution < -0.4 is 5.73 Å². The lowest BCUT2D eigenvalue weighted by atomic mass is 9.83. The fourth-order valence-corrected chi connectivity index (χ4v) is 2.29. The smallest absolute Gasteiger partial charge is 0.229 e. The second-order valence-corrected chi connectivity index (χ2v) is 5.25. The van der Waals surface area contributed by atoms with Crippen LogP contribution in [0.15, 0.2) is 12.2 Å². The summed E-state index contributed by atoms with van der Waals surface area (Å²) in [5, 5.41) is 0. The van der Waals surface area contributed by atoms with E-state index in [2.05, 4.69) is 13.8 Å². The molecular formula is C11H18N2O. The summed E-state index contributed by atoms with van der Waals surface area (Å²) in [6, 6.07) is 0.0817. The third-order valence-corrected chi connectivity index (χ3v) is 2.98. The monoisotopic (exact) mass is 194 g/mol. The first-order valence-corrected chi connectivity index (χ1v) is 5.21. The maximum absolute atomic E-state index is 11.9. The number of hydrogen-bond donors (Lipinski definition) is 1. The average molecular weight is 194 g/mol. The molecule has 1 saturated heterocycles. The van der Waals surface area contributed by atoms with Gasteiger partial charge in [0.15, 0.2) is 0 Å². The highest BCUT2D eigenvalue weighted by Gasteiger charge is 2.39. The Kier molecular flexibility index (Phi) is 2.14. The van der Waals surface area contributed by atoms with E-state index in [1.165, 1.54) is 0 Å². The molecule has 0 saturated carbocycles. The normalized spacial score (nSPS) is 34.4. The van der Waals surface area contributed by atoms with E-state index in [0.29, 0.717) is 5.41 Å². The maximum Gasteiger partial charge on any atom is 0.229 e. The van der Waals surface area contributed by atoms with Crippen LogP contribution in [0.4, 0.5) is 0 Å². The van der Waals surface area contributed by atoms with Crippen LogP contribution in [0.25, 0.3) is 0 Å². The van der Waals surface area contributed by atoms with Crippen molar-refractivity contribution >= 4 is 5.91 Å². The summed E-state index contributed by atoms with van der Waals surface area (Å²) in [6.45, 7) is 6.16. The lowest BCUT2D eigenvalue weighted by Crippen LogP contribution is -2.56. The van der Waals surface area contributed by atoms with Crippen LogP contribution >= 0.6 is 0 Å². The van der Waals surface area contributed by atoms with Crippen molar-refractivity contribution in [3.8, 4) is 0 Å². The largest absolute Gasteiger partial charge is 0.341 e. The van der Waals surface area contributed by atoms with Gasteiger partial charge in [-0.05, 0) is 11.8 Å². The Morgan fingerprint density at radius 1 is 1.43 bits per heavy atom. The summed E-state index contributed by atoms with van der Waals surface area (Å²) in [5.74, 6) is 0.301. The van der Waals surface area contributed by atoms with Crippen molar-refractivity contribution in [2.75, 3.05) is 13.1 Å². The second-order valence-electron chi connectivity index (χ2n) is 5.25. The molecule has 2 unspecified atom stereocenters. The Morgan fingerprint density at radius 2 is 2.07 bits per heavy atom. The second kappa shape index (κ2) is 3.09. The summed E-state index contributed by atoms with van der Waals surface area (Å²) in [4.78, 5) is 13.8. The van der Waals surface area contributed by atoms with Crippen LogP contribution in [0.2, 0.25) is 0 Å². The molecule has 14 heavy (non-hydrogen) atoms. The van der Waals surface area contributed by atoms with Gasteiger partial charge in [-0.25, -0.2) is 0 Å². The number of nitrogens with two attached hydrogens (primary N) is 1. The van der Waals surface area contributed by atoms with E-state index in [1.54, 1.807) is 0 Å². The molecule has 2 aliphatic rings. The minimum absolute atomic E-state index is 0.0427. The topological polar surface area (TPSA) is 46.3 Å². The minimum Gasteiger partial charge on any atom is -0.341 e. The fourth-order valence-electron chi connectivity index (χ4n) is 2.29. The van der Waals surface area contributed by atoms with E-state index in [0.717, 1.165) is 19.5 Å². The summed E-state index contributed by atoms with van der Waals surface area (Å²) >= 11 is 0. The zero-order valence-corrected chi connectivity index (χ0v) is 8.86. The number of likely N-dealkylation sites (tertiary alicyclic amines) is 1. The zero-order chi connectivity index (χ0) is 10.3. The van der Waals surface area contributed by atoms with Crippen molar-refractivity contribution in [2.24, 2.45) is 17.1 Å². The van der Waals surface area contributed by atoms with Crippen LogP contribution in [0.1, 0.15) is 20.3 Å². The lowest BCUT2D eigenvalue weighted by molar-refractivity contribution is -0.144. The average Bonchev–Trinajstić information content (AvgIpc) is 2.46. The van der Waals surface area contributed by atoms with Gasteiger partial charge in [0, 0.05) is 19.1 Å². The van der Waals surface area contributed by atoms with E-state index in [1.807, 2.05) is 17.1 Å². The summed E-state index contributed by atoms with van der Waals surface area (Å²) in [5.41, 5.74) is 6.04. The predicted molar refractivity (Wildman–Crippen MR) is 55.6 cm³/mol. The van der Waals surface area contributed by atoms with Crippen molar-refractivity contribution in [3.05, 3.63) is 12.2 Å². The first-order valence-electron chi connectivity index (χ1n) is 5.21. The third kappa shape index (κ3) is 1.69. The molecule has 2 rings (SSSR count). The lowest BCUT2D eigenvalue weighted by Gasteiger charge is -2.46. The van der Waals surface area contributed by atoms with Crippen LogP contribution in [0, 0.1) is 11.3 Å². The van der Waals surface area contributed by atoms with Crippen molar-refractivity contribution in [1.82, 2.24) is 4.90 Å². The molecule has 3 nitrogen and oxygen atoms in total. The Morgan fingerprint density at radius 3 is 2.50 bits per heavy atom. The quantitative estimate of drug-likeness (QED) is 0.626. The molecule has 1 fully saturated rings. The summed E-state index contributed by atoms with van der Waals surface area (Å²) < 4.78 is 0. The van der Waals surface area contributed by atoms with Gasteiger partial charge in [0.1, 0.15) is 0 Å². The molecule has 2 atom stereocenters. The zero-order valence-electron chi connectivity index (χ0n) is 8.86. The van der Waals surface area contributed by atoms with Crippen molar-refractivity contribution < 1.29 is 4.79 Å². The van der Waals surface area contributed by atoms with Gasteiger partial charge in [0.2, 0.25) is 5.91 Å². The number of rotatable bonds is 1. The van der Waals surface area contributed by atoms with Gasteiger partial charge in [-0.2, -0.15) is 0 Å². The van der Waals surface area contributed by atoms with Gasteiger partial charge < -0.3 is 10.6 Å². The molecule has 0 radical (unpaired) electrons. The molecule has 2 N–H and O–H groups in total. The number of nitrogens with zero attached hydrogens (tertiary/aromatic N) is 1. The minimum atomic E-state index is 0.0427. The molecule has 0 aromatic carbocycles. The molecular weight excluding hydrogens is 176 g/mol. The number of carbonyl (C=O) groups is 1. The van der Waals surface area contributed by atoms with Crippen LogP contribution in [0.5, 0.6) is 0 Å². The fraction of sp³-hybridized carbons (Fsp3) is 0.727. The molecule has 0 aromatic heterocycles. The first kappa shape index (κ1) is 9.71.